The van der Waals surface area contributed by atoms with E-state index in [0.717, 1.165) is 5.56 Å². The number of nitrogens with one attached hydrogen (secondary N) is 1. The van der Waals surface area contributed by atoms with Crippen molar-refractivity contribution < 1.29 is 18.3 Å². The maximum atomic E-state index is 12.0. The summed E-state index contributed by atoms with van der Waals surface area (Å²) in [5.74, 6) is -0.351. The van der Waals surface area contributed by atoms with E-state index in [1.807, 2.05) is 0 Å². The van der Waals surface area contributed by atoms with Crippen LogP contribution in [0.2, 0.25) is 5.15 Å². The first-order valence-electron chi connectivity index (χ1n) is 5.84. The van der Waals surface area contributed by atoms with E-state index in [1.165, 1.54) is 24.5 Å². The lowest BCUT2D eigenvalue weighted by molar-refractivity contribution is -0.0498. The molecule has 0 saturated carbocycles. The van der Waals surface area contributed by atoms with Gasteiger partial charge in [-0.15, -0.1) is 0 Å². The quantitative estimate of drug-likeness (QED) is 0.921. The molecule has 1 amide bonds. The first-order chi connectivity index (χ1) is 10.0. The van der Waals surface area contributed by atoms with Gasteiger partial charge in [-0.1, -0.05) is 23.7 Å². The maximum Gasteiger partial charge on any atom is 0.387 e. The number of nitrogens with zero attached hydrogens (tertiary/aromatic N) is 2. The van der Waals surface area contributed by atoms with Crippen molar-refractivity contribution in [2.75, 3.05) is 0 Å². The lowest BCUT2D eigenvalue weighted by atomic mass is 10.2. The Labute approximate surface area is 123 Å². The monoisotopic (exact) mass is 313 g/mol. The number of amides is 1. The van der Waals surface area contributed by atoms with Crippen LogP contribution in [0.15, 0.2) is 36.7 Å². The number of carbonyl (C=O) groups is 1. The van der Waals surface area contributed by atoms with Crippen LogP contribution in [0.25, 0.3) is 0 Å². The number of halogens is 3. The summed E-state index contributed by atoms with van der Waals surface area (Å²) in [4.78, 5) is 19.3. The molecule has 0 saturated heterocycles. The minimum Gasteiger partial charge on any atom is -0.435 e. The Morgan fingerprint density at radius 2 is 1.95 bits per heavy atom. The van der Waals surface area contributed by atoms with Gasteiger partial charge in [0.25, 0.3) is 5.91 Å². The van der Waals surface area contributed by atoms with Gasteiger partial charge >= 0.3 is 6.61 Å². The Bertz CT molecular complexity index is 606. The molecule has 0 aliphatic carbocycles. The van der Waals surface area contributed by atoms with Crippen molar-refractivity contribution in [2.45, 2.75) is 13.2 Å². The van der Waals surface area contributed by atoms with Gasteiger partial charge in [0.15, 0.2) is 0 Å². The van der Waals surface area contributed by atoms with Crippen LogP contribution in [0.3, 0.4) is 0 Å². The Morgan fingerprint density at radius 1 is 1.24 bits per heavy atom. The summed E-state index contributed by atoms with van der Waals surface area (Å²) in [6.07, 6.45) is 2.53. The third-order valence-corrected chi connectivity index (χ3v) is 2.65. The molecule has 5 nitrogen and oxygen atoms in total. The number of carbonyl (C=O) groups excluding carboxylic acids is 1. The standard InChI is InChI=1S/C13H10ClF2N3O2/c14-11-7-17-10(6-18-11)12(20)19-5-8-1-3-9(4-2-8)21-13(15)16/h1-4,6-7,13H,5H2,(H,19,20). The summed E-state index contributed by atoms with van der Waals surface area (Å²) in [5, 5.41) is 2.82. The Hall–Kier alpha value is -2.28. The Morgan fingerprint density at radius 3 is 2.52 bits per heavy atom. The normalized spacial score (nSPS) is 10.5. The molecular formula is C13H10ClF2N3O2. The number of hydrogen-bond donors (Lipinski definition) is 1. The number of alkyl halides is 2. The predicted molar refractivity (Wildman–Crippen MR) is 71.3 cm³/mol. The highest BCUT2D eigenvalue weighted by atomic mass is 35.5. The third-order valence-electron chi connectivity index (χ3n) is 2.45. The van der Waals surface area contributed by atoms with E-state index in [2.05, 4.69) is 20.0 Å². The zero-order valence-electron chi connectivity index (χ0n) is 10.6. The number of benzene rings is 1. The second-order valence-corrected chi connectivity index (χ2v) is 4.32. The molecule has 0 aliphatic rings. The predicted octanol–water partition coefficient (Wildman–Crippen LogP) is 2.66. The smallest absolute Gasteiger partial charge is 0.387 e. The Balaban J connectivity index is 1.90. The summed E-state index contributed by atoms with van der Waals surface area (Å²) in [5.41, 5.74) is 0.865. The Kier molecular flexibility index (Phi) is 4.99. The molecule has 0 fully saturated rings. The molecule has 8 heteroatoms. The van der Waals surface area contributed by atoms with Gasteiger partial charge in [0.05, 0.1) is 12.4 Å². The molecule has 1 aromatic carbocycles. The number of hydrogen-bond acceptors (Lipinski definition) is 4. The fourth-order valence-electron chi connectivity index (χ4n) is 1.49. The zero-order valence-corrected chi connectivity index (χ0v) is 11.3. The van der Waals surface area contributed by atoms with Crippen LogP contribution in [0.4, 0.5) is 8.78 Å². The summed E-state index contributed by atoms with van der Waals surface area (Å²) in [6.45, 7) is -2.64. The SMILES string of the molecule is O=C(NCc1ccc(OC(F)F)cc1)c1cnc(Cl)cn1. The average molecular weight is 314 g/mol. The minimum absolute atomic E-state index is 0.0589. The van der Waals surface area contributed by atoms with Crippen LogP contribution < -0.4 is 10.1 Å². The first kappa shape index (κ1) is 15.1. The lowest BCUT2D eigenvalue weighted by Gasteiger charge is -2.07. The number of rotatable bonds is 5. The molecule has 1 N–H and O–H groups in total. The number of ether oxygens (including phenoxy) is 1. The van der Waals surface area contributed by atoms with Crippen molar-refractivity contribution in [3.63, 3.8) is 0 Å². The van der Waals surface area contributed by atoms with Gasteiger partial charge in [0, 0.05) is 6.54 Å². The second kappa shape index (κ2) is 6.94. The molecule has 21 heavy (non-hydrogen) atoms. The molecule has 0 aliphatic heterocycles. The molecule has 1 heterocycles. The highest BCUT2D eigenvalue weighted by molar-refractivity contribution is 6.29. The van der Waals surface area contributed by atoms with E-state index >= 15 is 0 Å². The molecule has 1 aromatic heterocycles. The summed E-state index contributed by atoms with van der Waals surface area (Å²) < 4.78 is 28.2. The van der Waals surface area contributed by atoms with Crippen molar-refractivity contribution in [1.29, 1.82) is 0 Å². The van der Waals surface area contributed by atoms with E-state index < -0.39 is 12.5 Å². The van der Waals surface area contributed by atoms with E-state index in [1.54, 1.807) is 12.1 Å². The molecule has 0 radical (unpaired) electrons. The highest BCUT2D eigenvalue weighted by Gasteiger charge is 2.08. The van der Waals surface area contributed by atoms with E-state index in [9.17, 15) is 13.6 Å². The van der Waals surface area contributed by atoms with Gasteiger partial charge in [-0.25, -0.2) is 9.97 Å². The third kappa shape index (κ3) is 4.64. The molecule has 110 valence electrons. The van der Waals surface area contributed by atoms with E-state index in [0.29, 0.717) is 0 Å². The van der Waals surface area contributed by atoms with Crippen LogP contribution in [0.5, 0.6) is 5.75 Å². The topological polar surface area (TPSA) is 64.1 Å². The van der Waals surface area contributed by atoms with Crippen LogP contribution in [-0.4, -0.2) is 22.5 Å². The minimum atomic E-state index is -2.86. The fraction of sp³-hybridized carbons (Fsp3) is 0.154. The van der Waals surface area contributed by atoms with Crippen LogP contribution >= 0.6 is 11.6 Å². The summed E-state index contributed by atoms with van der Waals surface area (Å²) in [7, 11) is 0. The molecule has 0 spiro atoms. The van der Waals surface area contributed by atoms with Crippen LogP contribution in [0.1, 0.15) is 16.1 Å². The fourth-order valence-corrected chi connectivity index (χ4v) is 1.59. The van der Waals surface area contributed by atoms with Crippen LogP contribution in [0, 0.1) is 0 Å². The van der Waals surface area contributed by atoms with Gasteiger partial charge < -0.3 is 10.1 Å². The maximum absolute atomic E-state index is 12.0. The van der Waals surface area contributed by atoms with Gasteiger partial charge in [0.2, 0.25) is 0 Å². The van der Waals surface area contributed by atoms with Crippen molar-refractivity contribution in [3.8, 4) is 5.75 Å². The lowest BCUT2D eigenvalue weighted by Crippen LogP contribution is -2.23. The van der Waals surface area contributed by atoms with Gasteiger partial charge in [-0.3, -0.25) is 4.79 Å². The van der Waals surface area contributed by atoms with Crippen molar-refractivity contribution >= 4 is 17.5 Å². The van der Waals surface area contributed by atoms with Gasteiger partial charge in [-0.2, -0.15) is 8.78 Å². The van der Waals surface area contributed by atoms with Gasteiger partial charge in [0.1, 0.15) is 16.6 Å². The molecular weight excluding hydrogens is 304 g/mol. The largest absolute Gasteiger partial charge is 0.435 e. The summed E-state index contributed by atoms with van der Waals surface area (Å²) >= 11 is 5.57. The van der Waals surface area contributed by atoms with Crippen molar-refractivity contribution in [1.82, 2.24) is 15.3 Å². The first-order valence-corrected chi connectivity index (χ1v) is 6.22. The average Bonchev–Trinajstić information content (AvgIpc) is 2.46. The molecule has 0 unspecified atom stereocenters. The van der Waals surface area contributed by atoms with Crippen LogP contribution in [-0.2, 0) is 6.54 Å². The zero-order chi connectivity index (χ0) is 15.2. The van der Waals surface area contributed by atoms with E-state index in [4.69, 9.17) is 11.6 Å². The van der Waals surface area contributed by atoms with Gasteiger partial charge in [-0.05, 0) is 17.7 Å². The van der Waals surface area contributed by atoms with Crippen molar-refractivity contribution in [3.05, 3.63) is 53.1 Å². The summed E-state index contributed by atoms with van der Waals surface area (Å²) in [6, 6.07) is 5.95. The highest BCUT2D eigenvalue weighted by Crippen LogP contribution is 2.14. The van der Waals surface area contributed by atoms with Crippen molar-refractivity contribution in [2.24, 2.45) is 0 Å². The molecule has 0 bridgehead atoms. The molecule has 2 aromatic rings. The second-order valence-electron chi connectivity index (χ2n) is 3.93. The molecule has 0 atom stereocenters. The molecule has 2 rings (SSSR count). The number of aromatic nitrogens is 2. The van der Waals surface area contributed by atoms with E-state index in [-0.39, 0.29) is 23.1 Å².